The summed E-state index contributed by atoms with van der Waals surface area (Å²) in [5.74, 6) is 5.55. The number of esters is 1. The molecule has 1 aromatic rings. The van der Waals surface area contributed by atoms with Gasteiger partial charge in [0.1, 0.15) is 29.3 Å². The zero-order valence-electron chi connectivity index (χ0n) is 31.2. The zero-order chi connectivity index (χ0) is 35.8. The Labute approximate surface area is 285 Å². The molecule has 0 radical (unpaired) electrons. The van der Waals surface area contributed by atoms with Gasteiger partial charge in [-0.25, -0.2) is 4.79 Å². The first-order chi connectivity index (χ1) is 21.6. The first kappa shape index (κ1) is 41.0. The van der Waals surface area contributed by atoms with Crippen molar-refractivity contribution in [2.24, 2.45) is 5.92 Å². The quantitative estimate of drug-likeness (QED) is 0.0866. The molecule has 1 aliphatic heterocycles. The molecule has 0 aromatic heterocycles. The smallest absolute Gasteiger partial charge is 0.342 e. The minimum atomic E-state index is -1.96. The molecule has 47 heavy (non-hydrogen) atoms. The normalized spacial score (nSPS) is 20.3. The van der Waals surface area contributed by atoms with Crippen molar-refractivity contribution in [3.63, 3.8) is 0 Å². The highest BCUT2D eigenvalue weighted by molar-refractivity contribution is 6.76. The molecule has 1 heterocycles. The lowest BCUT2D eigenvalue weighted by Gasteiger charge is -2.39. The van der Waals surface area contributed by atoms with Crippen LogP contribution < -0.4 is 9.47 Å². The fourth-order valence-corrected chi connectivity index (χ4v) is 6.84. The lowest BCUT2D eigenvalue weighted by Crippen LogP contribution is -2.44. The second kappa shape index (κ2) is 17.0. The van der Waals surface area contributed by atoms with E-state index in [9.17, 15) is 9.90 Å². The number of aliphatic hydroxyl groups excluding tert-OH is 1. The van der Waals surface area contributed by atoms with Crippen molar-refractivity contribution in [2.45, 2.75) is 129 Å². The highest BCUT2D eigenvalue weighted by Gasteiger charge is 2.44. The van der Waals surface area contributed by atoms with Crippen molar-refractivity contribution >= 4 is 28.4 Å². The maximum absolute atomic E-state index is 13.4. The summed E-state index contributed by atoms with van der Waals surface area (Å²) in [4.78, 5) is 13.4. The summed E-state index contributed by atoms with van der Waals surface area (Å²) in [5.41, 5.74) is 0.845. The minimum Gasteiger partial charge on any atom is -0.497 e. The van der Waals surface area contributed by atoms with E-state index >= 15 is 0 Å². The van der Waals surface area contributed by atoms with Crippen LogP contribution in [0.5, 0.6) is 11.5 Å². The molecule has 1 saturated heterocycles. The lowest BCUT2D eigenvalue weighted by atomic mass is 10.0. The summed E-state index contributed by atoms with van der Waals surface area (Å²) in [6, 6.07) is 4.25. The molecule has 1 aliphatic rings. The van der Waals surface area contributed by atoms with Gasteiger partial charge in [-0.3, -0.25) is 0 Å². The Kier molecular flexibility index (Phi) is 14.8. The van der Waals surface area contributed by atoms with E-state index in [1.54, 1.807) is 19.2 Å². The Hall–Kier alpha value is -2.18. The third-order valence-electron chi connectivity index (χ3n) is 8.61. The number of ether oxygens (including phenoxy) is 6. The second-order valence-electron chi connectivity index (χ2n) is 15.5. The Bertz CT molecular complexity index is 1270. The molecular formula is C36H60O9Si2. The van der Waals surface area contributed by atoms with Gasteiger partial charge in [0.15, 0.2) is 20.9 Å². The minimum absolute atomic E-state index is 0.0474. The largest absolute Gasteiger partial charge is 0.497 e. The number of carbonyl (C=O) groups is 1. The highest BCUT2D eigenvalue weighted by atomic mass is 28.4. The van der Waals surface area contributed by atoms with Gasteiger partial charge in [0.05, 0.1) is 25.9 Å². The SMILES string of the molecule is COCOc1cc(OC)cc(/C=C/C[C@H]2OC(C)(C)O[C@@H]2C(O)C#C[C@H](C)[C@H](C)O[Si](C)(C)C(C)(C)C)c1C(=O)OCC[Si](C)(C)C. The molecule has 1 fully saturated rings. The van der Waals surface area contributed by atoms with Crippen molar-refractivity contribution < 1.29 is 42.7 Å². The maximum atomic E-state index is 13.4. The van der Waals surface area contributed by atoms with E-state index < -0.39 is 46.5 Å². The van der Waals surface area contributed by atoms with Gasteiger partial charge in [0, 0.05) is 27.2 Å². The maximum Gasteiger partial charge on any atom is 0.342 e. The number of carbonyl (C=O) groups excluding carboxylic acids is 1. The monoisotopic (exact) mass is 692 g/mol. The first-order valence-electron chi connectivity index (χ1n) is 16.5. The van der Waals surface area contributed by atoms with E-state index in [4.69, 9.17) is 32.8 Å². The van der Waals surface area contributed by atoms with Crippen molar-refractivity contribution in [3.8, 4) is 23.3 Å². The number of hydrogen-bond acceptors (Lipinski definition) is 9. The van der Waals surface area contributed by atoms with Gasteiger partial charge in [0.2, 0.25) is 0 Å². The van der Waals surface area contributed by atoms with E-state index in [1.807, 2.05) is 39.8 Å². The van der Waals surface area contributed by atoms with E-state index in [1.165, 1.54) is 7.11 Å². The van der Waals surface area contributed by atoms with Crippen LogP contribution in [0.1, 0.15) is 70.8 Å². The van der Waals surface area contributed by atoms with Gasteiger partial charge in [-0.05, 0) is 69.9 Å². The van der Waals surface area contributed by atoms with Crippen molar-refractivity contribution in [1.29, 1.82) is 0 Å². The fourth-order valence-electron chi connectivity index (χ4n) is 4.64. The highest BCUT2D eigenvalue weighted by Crippen LogP contribution is 2.38. The van der Waals surface area contributed by atoms with Crippen LogP contribution in [0.2, 0.25) is 43.8 Å². The van der Waals surface area contributed by atoms with Crippen LogP contribution in [-0.2, 0) is 23.4 Å². The van der Waals surface area contributed by atoms with Gasteiger partial charge in [-0.15, -0.1) is 0 Å². The summed E-state index contributed by atoms with van der Waals surface area (Å²) < 4.78 is 40.9. The molecule has 266 valence electrons. The Morgan fingerprint density at radius 2 is 1.74 bits per heavy atom. The van der Waals surface area contributed by atoms with Crippen molar-refractivity contribution in [3.05, 3.63) is 29.3 Å². The molecule has 2 rings (SSSR count). The van der Waals surface area contributed by atoms with Crippen LogP contribution in [0.4, 0.5) is 0 Å². The van der Waals surface area contributed by atoms with Crippen LogP contribution in [0, 0.1) is 17.8 Å². The number of aliphatic hydroxyl groups is 1. The average Bonchev–Trinajstić information content (AvgIpc) is 3.26. The average molecular weight is 693 g/mol. The standard InChI is InChI=1S/C36H60O9Si2/c1-25(26(2)45-47(13,14)35(3,4)5)18-19-29(37)33-30(43-36(6,7)44-33)17-15-16-27-22-28(40-9)23-31(42-24-39-8)32(27)34(38)41-20-21-46(10,11)12/h15-16,22-23,25-26,29-30,33,37H,17,20-21,24H2,1-14H3/b16-15+/t25-,26-,29?,30+,33+/m0/s1. The van der Waals surface area contributed by atoms with Gasteiger partial charge in [-0.1, -0.05) is 64.4 Å². The van der Waals surface area contributed by atoms with Gasteiger partial charge >= 0.3 is 5.97 Å². The summed E-state index contributed by atoms with van der Waals surface area (Å²) in [6.07, 6.45) is 1.77. The predicted octanol–water partition coefficient (Wildman–Crippen LogP) is 7.51. The number of rotatable bonds is 15. The molecular weight excluding hydrogens is 633 g/mol. The summed E-state index contributed by atoms with van der Waals surface area (Å²) in [6.45, 7) is 25.7. The Morgan fingerprint density at radius 3 is 2.32 bits per heavy atom. The molecule has 5 atom stereocenters. The number of benzene rings is 1. The molecule has 9 nitrogen and oxygen atoms in total. The van der Waals surface area contributed by atoms with E-state index in [0.29, 0.717) is 30.1 Å². The van der Waals surface area contributed by atoms with Gasteiger partial charge in [-0.2, -0.15) is 0 Å². The first-order valence-corrected chi connectivity index (χ1v) is 23.1. The number of methoxy groups -OCH3 is 2. The van der Waals surface area contributed by atoms with Crippen LogP contribution in [-0.4, -0.2) is 85.3 Å². The molecule has 1 N–H and O–H groups in total. The predicted molar refractivity (Wildman–Crippen MR) is 192 cm³/mol. The molecule has 0 amide bonds. The Balaban J connectivity index is 2.29. The fraction of sp³-hybridized carbons (Fsp3) is 0.694. The van der Waals surface area contributed by atoms with E-state index in [2.05, 4.69) is 65.3 Å². The van der Waals surface area contributed by atoms with Crippen LogP contribution >= 0.6 is 0 Å². The van der Waals surface area contributed by atoms with Crippen LogP contribution in [0.25, 0.3) is 6.08 Å². The third kappa shape index (κ3) is 12.7. The molecule has 1 unspecified atom stereocenters. The zero-order valence-corrected chi connectivity index (χ0v) is 33.2. The van der Waals surface area contributed by atoms with Crippen LogP contribution in [0.15, 0.2) is 18.2 Å². The van der Waals surface area contributed by atoms with Crippen LogP contribution in [0.3, 0.4) is 0 Å². The van der Waals surface area contributed by atoms with Gasteiger partial charge < -0.3 is 38.0 Å². The van der Waals surface area contributed by atoms with E-state index in [0.717, 1.165) is 6.04 Å². The Morgan fingerprint density at radius 1 is 1.09 bits per heavy atom. The molecule has 0 aliphatic carbocycles. The molecule has 0 bridgehead atoms. The lowest BCUT2D eigenvalue weighted by molar-refractivity contribution is -0.151. The van der Waals surface area contributed by atoms with Gasteiger partial charge in [0.25, 0.3) is 0 Å². The summed E-state index contributed by atoms with van der Waals surface area (Å²) >= 11 is 0. The molecule has 1 aromatic carbocycles. The van der Waals surface area contributed by atoms with E-state index in [-0.39, 0.29) is 29.4 Å². The molecule has 0 saturated carbocycles. The molecule has 0 spiro atoms. The van der Waals surface area contributed by atoms with Crippen molar-refractivity contribution in [2.75, 3.05) is 27.6 Å². The number of hydrogen-bond donors (Lipinski definition) is 1. The topological polar surface area (TPSA) is 102 Å². The second-order valence-corrected chi connectivity index (χ2v) is 25.8. The molecule has 11 heteroatoms. The third-order valence-corrected chi connectivity index (χ3v) is 14.9. The van der Waals surface area contributed by atoms with Crippen molar-refractivity contribution in [1.82, 2.24) is 0 Å². The summed E-state index contributed by atoms with van der Waals surface area (Å²) in [7, 11) is -0.308. The summed E-state index contributed by atoms with van der Waals surface area (Å²) in [5, 5.41) is 11.3.